The number of carbonyl (C=O) groups is 2. The van der Waals surface area contributed by atoms with Crippen molar-refractivity contribution in [3.05, 3.63) is 0 Å². The van der Waals surface area contributed by atoms with Gasteiger partial charge in [-0.2, -0.15) is 0 Å². The van der Waals surface area contributed by atoms with Gasteiger partial charge in [0, 0.05) is 0 Å². The molecule has 6 N–H and O–H groups in total. The Balaban J connectivity index is 0. The van der Waals surface area contributed by atoms with Crippen LogP contribution in [-0.2, 0) is 9.59 Å². The number of nitrogens with two attached hydrogens (primary N) is 2. The minimum absolute atomic E-state index is 0.0976. The van der Waals surface area contributed by atoms with E-state index >= 15 is 0 Å². The fourth-order valence-corrected chi connectivity index (χ4v) is 1.90. The van der Waals surface area contributed by atoms with Crippen LogP contribution >= 0.6 is 0 Å². The highest BCUT2D eigenvalue weighted by Gasteiger charge is 2.00. The summed E-state index contributed by atoms with van der Waals surface area (Å²) in [6, 6.07) is 0. The molecule has 0 radical (unpaired) electrons. The third-order valence-corrected chi connectivity index (χ3v) is 3.19. The van der Waals surface area contributed by atoms with Crippen molar-refractivity contribution in [1.82, 2.24) is 0 Å². The summed E-state index contributed by atoms with van der Waals surface area (Å²) in [7, 11) is 0. The normalized spacial score (nSPS) is 10.2. The molecule has 0 aliphatic heterocycles. The van der Waals surface area contributed by atoms with Crippen molar-refractivity contribution in [2.75, 3.05) is 0 Å². The van der Waals surface area contributed by atoms with Gasteiger partial charge in [-0.05, 0) is 6.42 Å². The van der Waals surface area contributed by atoms with E-state index in [2.05, 4.69) is 6.92 Å². The summed E-state index contributed by atoms with van der Waals surface area (Å²) in [5, 5.41) is 15.8. The number of carboxylic acid groups (broad SMARTS) is 2. The molecule has 0 atom stereocenters. The fraction of sp³-hybridized carbons (Fsp3) is 0.875. The molecule has 132 valence electrons. The maximum Gasteiger partial charge on any atom is 0.303 e. The zero-order valence-corrected chi connectivity index (χ0v) is 13.9. The van der Waals surface area contributed by atoms with Crippen LogP contribution in [0.2, 0.25) is 0 Å². The lowest BCUT2D eigenvalue weighted by Gasteiger charge is -2.04. The van der Waals surface area contributed by atoms with Gasteiger partial charge >= 0.3 is 11.9 Å². The maximum absolute atomic E-state index is 9.64. The molecule has 0 aliphatic rings. The molecule has 0 bridgehead atoms. The van der Waals surface area contributed by atoms with Gasteiger partial charge in [0.1, 0.15) is 0 Å². The molecule has 0 fully saturated rings. The predicted octanol–water partition coefficient (Wildman–Crippen LogP) is 3.09. The third kappa shape index (κ3) is 27.2. The van der Waals surface area contributed by atoms with Crippen molar-refractivity contribution in [1.29, 1.82) is 0 Å². The molecule has 0 aliphatic carbocycles. The zero-order valence-electron chi connectivity index (χ0n) is 13.9. The minimum atomic E-state index is -1.08. The summed E-state index contributed by atoms with van der Waals surface area (Å²) in [5.41, 5.74) is 10.9. The van der Waals surface area contributed by atoms with E-state index in [4.69, 9.17) is 21.7 Å². The molecular formula is C16H34N2O4. The highest BCUT2D eigenvalue weighted by molar-refractivity contribution is 5.75. The van der Waals surface area contributed by atoms with Crippen molar-refractivity contribution in [2.45, 2.75) is 90.1 Å². The van der Waals surface area contributed by atoms with Crippen LogP contribution < -0.4 is 11.5 Å². The molecule has 0 aromatic carbocycles. The van der Waals surface area contributed by atoms with Crippen LogP contribution in [-0.4, -0.2) is 28.3 Å². The lowest BCUT2D eigenvalue weighted by molar-refractivity contribution is -0.143. The monoisotopic (exact) mass is 318 g/mol. The van der Waals surface area contributed by atoms with Crippen molar-refractivity contribution in [2.24, 2.45) is 11.5 Å². The summed E-state index contributed by atoms with van der Waals surface area (Å²) >= 11 is 0. The summed E-state index contributed by atoms with van der Waals surface area (Å²) < 4.78 is 0. The highest BCUT2D eigenvalue weighted by atomic mass is 16.4. The van der Waals surface area contributed by atoms with E-state index < -0.39 is 11.9 Å². The smallest absolute Gasteiger partial charge is 0.303 e. The van der Waals surface area contributed by atoms with E-state index in [1.807, 2.05) is 0 Å². The molecule has 22 heavy (non-hydrogen) atoms. The van der Waals surface area contributed by atoms with E-state index in [0.29, 0.717) is 0 Å². The largest absolute Gasteiger partial charge is 0.481 e. The summed E-state index contributed by atoms with van der Waals surface area (Å²) in [6.07, 6.45) is 12.5. The first-order valence-corrected chi connectivity index (χ1v) is 8.34. The summed E-state index contributed by atoms with van der Waals surface area (Å²) in [4.78, 5) is 19.3. The molecule has 0 rings (SSSR count). The number of hydrogen-bond acceptors (Lipinski definition) is 4. The Kier molecular flexibility index (Phi) is 18.8. The second-order valence-electron chi connectivity index (χ2n) is 5.57. The van der Waals surface area contributed by atoms with Gasteiger partial charge < -0.3 is 21.7 Å². The first kappa shape index (κ1) is 23.1. The summed E-state index contributed by atoms with van der Waals surface area (Å²) in [5.74, 6) is -2.15. The Bertz CT molecular complexity index is 257. The Morgan fingerprint density at radius 1 is 0.773 bits per heavy atom. The minimum Gasteiger partial charge on any atom is -0.481 e. The number of carboxylic acids is 2. The molecule has 6 heteroatoms. The molecule has 0 aromatic heterocycles. The SMILES string of the molecule is CCCCCCCCCCCC(N)N.O=C(O)CCC(=O)O. The summed E-state index contributed by atoms with van der Waals surface area (Å²) in [6.45, 7) is 2.26. The average Bonchev–Trinajstić information content (AvgIpc) is 2.44. The second-order valence-corrected chi connectivity index (χ2v) is 5.57. The zero-order chi connectivity index (χ0) is 17.2. The van der Waals surface area contributed by atoms with Gasteiger partial charge in [0.15, 0.2) is 0 Å². The quantitative estimate of drug-likeness (QED) is 0.305. The van der Waals surface area contributed by atoms with Crippen LogP contribution in [0.1, 0.15) is 84.0 Å². The van der Waals surface area contributed by atoms with Gasteiger partial charge in [-0.1, -0.05) is 64.7 Å². The van der Waals surface area contributed by atoms with Crippen molar-refractivity contribution in [3.63, 3.8) is 0 Å². The van der Waals surface area contributed by atoms with Crippen molar-refractivity contribution < 1.29 is 19.8 Å². The fourth-order valence-electron chi connectivity index (χ4n) is 1.90. The van der Waals surface area contributed by atoms with Crippen molar-refractivity contribution >= 4 is 11.9 Å². The van der Waals surface area contributed by atoms with E-state index in [1.54, 1.807) is 0 Å². The van der Waals surface area contributed by atoms with E-state index in [0.717, 1.165) is 6.42 Å². The Labute approximate surface area is 134 Å². The Morgan fingerprint density at radius 2 is 1.14 bits per heavy atom. The van der Waals surface area contributed by atoms with Gasteiger partial charge in [-0.25, -0.2) is 0 Å². The molecule has 0 saturated heterocycles. The van der Waals surface area contributed by atoms with Crippen LogP contribution in [0.25, 0.3) is 0 Å². The molecular weight excluding hydrogens is 284 g/mol. The molecule has 0 heterocycles. The number of unbranched alkanes of at least 4 members (excludes halogenated alkanes) is 8. The number of hydrogen-bond donors (Lipinski definition) is 4. The van der Waals surface area contributed by atoms with Gasteiger partial charge in [0.2, 0.25) is 0 Å². The van der Waals surface area contributed by atoms with Gasteiger partial charge in [-0.3, -0.25) is 9.59 Å². The second kappa shape index (κ2) is 17.9. The topological polar surface area (TPSA) is 127 Å². The van der Waals surface area contributed by atoms with Crippen LogP contribution in [0.3, 0.4) is 0 Å². The molecule has 0 aromatic rings. The van der Waals surface area contributed by atoms with Gasteiger partial charge in [-0.15, -0.1) is 0 Å². The standard InChI is InChI=1S/C12H28N2.C4H6O4/c1-2-3-4-5-6-7-8-9-10-11-12(13)14;5-3(6)1-2-4(7)8/h12H,2-11,13-14H2,1H3;1-2H2,(H,5,6)(H,7,8). The molecule has 0 amide bonds. The lowest BCUT2D eigenvalue weighted by atomic mass is 10.1. The number of rotatable bonds is 13. The van der Waals surface area contributed by atoms with Crippen LogP contribution in [0.5, 0.6) is 0 Å². The molecule has 6 nitrogen and oxygen atoms in total. The number of aliphatic carboxylic acids is 2. The predicted molar refractivity (Wildman–Crippen MR) is 88.5 cm³/mol. The van der Waals surface area contributed by atoms with Crippen LogP contribution in [0.4, 0.5) is 0 Å². The van der Waals surface area contributed by atoms with Gasteiger partial charge in [0.25, 0.3) is 0 Å². The van der Waals surface area contributed by atoms with E-state index in [9.17, 15) is 9.59 Å². The molecule has 0 unspecified atom stereocenters. The lowest BCUT2D eigenvalue weighted by Crippen LogP contribution is -2.29. The van der Waals surface area contributed by atoms with Crippen LogP contribution in [0.15, 0.2) is 0 Å². The molecule has 0 spiro atoms. The van der Waals surface area contributed by atoms with Gasteiger partial charge in [0.05, 0.1) is 19.0 Å². The highest BCUT2D eigenvalue weighted by Crippen LogP contribution is 2.10. The average molecular weight is 318 g/mol. The Morgan fingerprint density at radius 3 is 1.45 bits per heavy atom. The van der Waals surface area contributed by atoms with E-state index in [1.165, 1.54) is 57.8 Å². The first-order chi connectivity index (χ1) is 10.4. The van der Waals surface area contributed by atoms with E-state index in [-0.39, 0.29) is 19.0 Å². The Hall–Kier alpha value is -1.14. The third-order valence-electron chi connectivity index (χ3n) is 3.19. The van der Waals surface area contributed by atoms with Crippen molar-refractivity contribution in [3.8, 4) is 0 Å². The van der Waals surface area contributed by atoms with Crippen LogP contribution in [0, 0.1) is 0 Å². The maximum atomic E-state index is 9.64. The first-order valence-electron chi connectivity index (χ1n) is 8.34. The molecule has 0 saturated carbocycles.